The van der Waals surface area contributed by atoms with Gasteiger partial charge in [0, 0.05) is 4.47 Å². The third-order valence-corrected chi connectivity index (χ3v) is 2.57. The second kappa shape index (κ2) is 5.91. The molecule has 1 aromatic rings. The molecule has 1 aromatic carbocycles. The average molecular weight is 295 g/mol. The van der Waals surface area contributed by atoms with Crippen LogP contribution < -0.4 is 0 Å². The normalized spacial score (nSPS) is 10.8. The van der Waals surface area contributed by atoms with Gasteiger partial charge in [-0.15, -0.1) is 0 Å². The molecule has 0 aromatic heterocycles. The molecule has 0 fully saturated rings. The fraction of sp³-hybridized carbons (Fsp3) is 0.300. The number of halogens is 3. The van der Waals surface area contributed by atoms with E-state index in [1.807, 2.05) is 0 Å². The lowest BCUT2D eigenvalue weighted by molar-refractivity contribution is 0.00966. The topological polar surface area (TPSA) is 46.5 Å². The Morgan fingerprint density at radius 3 is 2.75 bits per heavy atom. The molecule has 0 heterocycles. The van der Waals surface area contributed by atoms with Crippen LogP contribution in [0.1, 0.15) is 15.9 Å². The fourth-order valence-electron chi connectivity index (χ4n) is 1.08. The number of alkyl halides is 2. The second-order valence-corrected chi connectivity index (χ2v) is 3.87. The van der Waals surface area contributed by atoms with Crippen molar-refractivity contribution in [3.8, 4) is 0 Å². The van der Waals surface area contributed by atoms with Crippen LogP contribution in [-0.2, 0) is 11.3 Å². The number of hydrogen-bond acceptors (Lipinski definition) is 2. The first kappa shape index (κ1) is 13.1. The Hall–Kier alpha value is -1.01. The molecule has 0 saturated heterocycles. The highest BCUT2D eigenvalue weighted by atomic mass is 79.9. The maximum absolute atomic E-state index is 11.8. The van der Waals surface area contributed by atoms with Gasteiger partial charge in [-0.1, -0.05) is 15.9 Å². The first-order valence-corrected chi connectivity index (χ1v) is 5.17. The Balaban J connectivity index is 2.70. The minimum absolute atomic E-state index is 0.0496. The summed E-state index contributed by atoms with van der Waals surface area (Å²) in [6.45, 7) is -0.713. The molecule has 1 N–H and O–H groups in total. The van der Waals surface area contributed by atoms with E-state index in [2.05, 4.69) is 15.9 Å². The van der Waals surface area contributed by atoms with E-state index >= 15 is 0 Å². The standard InChI is InChI=1S/C10H9BrF2O3/c11-8-2-1-6(10(14)15)3-7(8)4-16-5-9(12)13/h1-3,9H,4-5H2,(H,14,15). The molecule has 0 saturated carbocycles. The van der Waals surface area contributed by atoms with Gasteiger partial charge in [0.25, 0.3) is 6.43 Å². The van der Waals surface area contributed by atoms with Gasteiger partial charge in [-0.2, -0.15) is 0 Å². The molecular formula is C10H9BrF2O3. The monoisotopic (exact) mass is 294 g/mol. The van der Waals surface area contributed by atoms with E-state index in [4.69, 9.17) is 9.84 Å². The minimum atomic E-state index is -2.53. The van der Waals surface area contributed by atoms with E-state index in [0.717, 1.165) is 0 Å². The zero-order chi connectivity index (χ0) is 12.1. The molecule has 0 radical (unpaired) electrons. The van der Waals surface area contributed by atoms with Crippen molar-refractivity contribution in [3.63, 3.8) is 0 Å². The van der Waals surface area contributed by atoms with E-state index in [1.165, 1.54) is 12.1 Å². The van der Waals surface area contributed by atoms with Crippen LogP contribution >= 0.6 is 15.9 Å². The van der Waals surface area contributed by atoms with Crippen molar-refractivity contribution in [3.05, 3.63) is 33.8 Å². The van der Waals surface area contributed by atoms with Gasteiger partial charge in [-0.3, -0.25) is 0 Å². The molecule has 0 bridgehead atoms. The molecule has 0 unspecified atom stereocenters. The molecule has 0 spiro atoms. The summed E-state index contributed by atoms with van der Waals surface area (Å²) in [6.07, 6.45) is -2.53. The minimum Gasteiger partial charge on any atom is -0.478 e. The third kappa shape index (κ3) is 3.86. The molecule has 0 aliphatic heterocycles. The van der Waals surface area contributed by atoms with Crippen molar-refractivity contribution < 1.29 is 23.4 Å². The van der Waals surface area contributed by atoms with Crippen LogP contribution in [0, 0.1) is 0 Å². The lowest BCUT2D eigenvalue weighted by Crippen LogP contribution is -2.05. The molecule has 88 valence electrons. The predicted octanol–water partition coefficient (Wildman–Crippen LogP) is 2.93. The summed E-state index contributed by atoms with van der Waals surface area (Å²) in [5.41, 5.74) is 0.624. The van der Waals surface area contributed by atoms with Crippen LogP contribution in [0.25, 0.3) is 0 Å². The highest BCUT2D eigenvalue weighted by Crippen LogP contribution is 2.19. The zero-order valence-corrected chi connectivity index (χ0v) is 9.71. The van der Waals surface area contributed by atoms with Crippen molar-refractivity contribution in [2.45, 2.75) is 13.0 Å². The SMILES string of the molecule is O=C(O)c1ccc(Br)c(COCC(F)F)c1. The Labute approximate surface area is 99.2 Å². The molecule has 6 heteroatoms. The number of carboxylic acids is 1. The molecule has 1 rings (SSSR count). The van der Waals surface area contributed by atoms with Gasteiger partial charge in [-0.05, 0) is 23.8 Å². The van der Waals surface area contributed by atoms with E-state index < -0.39 is 19.0 Å². The van der Waals surface area contributed by atoms with E-state index in [0.29, 0.717) is 10.0 Å². The van der Waals surface area contributed by atoms with Crippen molar-refractivity contribution in [2.24, 2.45) is 0 Å². The summed E-state index contributed by atoms with van der Waals surface area (Å²) in [4.78, 5) is 10.7. The van der Waals surface area contributed by atoms with Gasteiger partial charge in [0.15, 0.2) is 0 Å². The fourth-order valence-corrected chi connectivity index (χ4v) is 1.44. The largest absolute Gasteiger partial charge is 0.478 e. The number of carbonyl (C=O) groups is 1. The smallest absolute Gasteiger partial charge is 0.335 e. The van der Waals surface area contributed by atoms with Gasteiger partial charge < -0.3 is 9.84 Å². The quantitative estimate of drug-likeness (QED) is 0.908. The van der Waals surface area contributed by atoms with Crippen LogP contribution in [0.3, 0.4) is 0 Å². The van der Waals surface area contributed by atoms with Crippen LogP contribution in [0.5, 0.6) is 0 Å². The van der Waals surface area contributed by atoms with E-state index in [-0.39, 0.29) is 12.2 Å². The Morgan fingerprint density at radius 2 is 2.19 bits per heavy atom. The highest BCUT2D eigenvalue weighted by molar-refractivity contribution is 9.10. The van der Waals surface area contributed by atoms with Crippen LogP contribution in [0.15, 0.2) is 22.7 Å². The van der Waals surface area contributed by atoms with Crippen molar-refractivity contribution in [1.82, 2.24) is 0 Å². The Kier molecular flexibility index (Phi) is 4.82. The first-order chi connectivity index (χ1) is 7.50. The number of carboxylic acid groups (broad SMARTS) is 1. The summed E-state index contributed by atoms with van der Waals surface area (Å²) in [5, 5.41) is 8.74. The number of aromatic carboxylic acids is 1. The molecule has 16 heavy (non-hydrogen) atoms. The van der Waals surface area contributed by atoms with E-state index in [1.54, 1.807) is 6.07 Å². The predicted molar refractivity (Wildman–Crippen MR) is 56.8 cm³/mol. The van der Waals surface area contributed by atoms with Gasteiger partial charge >= 0.3 is 5.97 Å². The van der Waals surface area contributed by atoms with Crippen molar-refractivity contribution >= 4 is 21.9 Å². The van der Waals surface area contributed by atoms with Crippen LogP contribution in [0.2, 0.25) is 0 Å². The second-order valence-electron chi connectivity index (χ2n) is 3.02. The first-order valence-electron chi connectivity index (χ1n) is 4.38. The lowest BCUT2D eigenvalue weighted by atomic mass is 10.1. The Bertz CT molecular complexity index is 382. The van der Waals surface area contributed by atoms with Crippen molar-refractivity contribution in [2.75, 3.05) is 6.61 Å². The Morgan fingerprint density at radius 1 is 1.50 bits per heavy atom. The van der Waals surface area contributed by atoms with Gasteiger partial charge in [0.05, 0.1) is 12.2 Å². The van der Waals surface area contributed by atoms with Gasteiger partial charge in [0.2, 0.25) is 0 Å². The molecular weight excluding hydrogens is 286 g/mol. The van der Waals surface area contributed by atoms with Gasteiger partial charge in [0.1, 0.15) is 6.61 Å². The van der Waals surface area contributed by atoms with Crippen LogP contribution in [-0.4, -0.2) is 24.1 Å². The molecule has 0 atom stereocenters. The summed E-state index contributed by atoms with van der Waals surface area (Å²) < 4.78 is 29.0. The summed E-state index contributed by atoms with van der Waals surface area (Å²) in [7, 11) is 0. The summed E-state index contributed by atoms with van der Waals surface area (Å²) in [6, 6.07) is 4.35. The lowest BCUT2D eigenvalue weighted by Gasteiger charge is -2.06. The molecule has 0 amide bonds. The number of hydrogen-bond donors (Lipinski definition) is 1. The average Bonchev–Trinajstić information content (AvgIpc) is 2.20. The number of benzene rings is 1. The van der Waals surface area contributed by atoms with E-state index in [9.17, 15) is 13.6 Å². The highest BCUT2D eigenvalue weighted by Gasteiger charge is 2.08. The number of rotatable bonds is 5. The summed E-state index contributed by atoms with van der Waals surface area (Å²) in [5.74, 6) is -1.07. The van der Waals surface area contributed by atoms with Crippen LogP contribution in [0.4, 0.5) is 8.78 Å². The number of ether oxygens (including phenoxy) is 1. The maximum atomic E-state index is 11.8. The molecule has 0 aliphatic rings. The van der Waals surface area contributed by atoms with Crippen molar-refractivity contribution in [1.29, 1.82) is 0 Å². The van der Waals surface area contributed by atoms with Gasteiger partial charge in [-0.25, -0.2) is 13.6 Å². The molecule has 3 nitrogen and oxygen atoms in total. The maximum Gasteiger partial charge on any atom is 0.335 e. The molecule has 0 aliphatic carbocycles. The third-order valence-electron chi connectivity index (χ3n) is 1.79. The zero-order valence-electron chi connectivity index (χ0n) is 8.12. The summed E-state index contributed by atoms with van der Waals surface area (Å²) >= 11 is 3.19.